The summed E-state index contributed by atoms with van der Waals surface area (Å²) in [5.41, 5.74) is 0.990. The van der Waals surface area contributed by atoms with Gasteiger partial charge in [-0.25, -0.2) is 4.39 Å². The molecule has 1 heterocycles. The number of aromatic amines is 2. The van der Waals surface area contributed by atoms with Gasteiger partial charge in [0.1, 0.15) is 5.82 Å². The number of carbonyl (C=O) groups excluding carboxylic acids is 1. The molecule has 1 amide bonds. The molecule has 0 aliphatic carbocycles. The van der Waals surface area contributed by atoms with E-state index in [2.05, 4.69) is 9.97 Å². The molecule has 7 heteroatoms. The van der Waals surface area contributed by atoms with Gasteiger partial charge in [-0.2, -0.15) is 0 Å². The summed E-state index contributed by atoms with van der Waals surface area (Å²) in [6.45, 7) is 0.148. The Bertz CT molecular complexity index is 1040. The fraction of sp³-hybridized carbons (Fsp3) is 0.118. The first kappa shape index (κ1) is 16.1. The Balaban J connectivity index is 1.92. The number of carbonyl (C=O) groups is 1. The predicted octanol–water partition coefficient (Wildman–Crippen LogP) is 3.00. The van der Waals surface area contributed by atoms with Gasteiger partial charge in [-0.05, 0) is 36.5 Å². The molecule has 2 aromatic carbocycles. The number of halogens is 1. The van der Waals surface area contributed by atoms with Crippen molar-refractivity contribution in [1.29, 1.82) is 0 Å². The van der Waals surface area contributed by atoms with Gasteiger partial charge < -0.3 is 9.88 Å². The van der Waals surface area contributed by atoms with Gasteiger partial charge in [0.15, 0.2) is 4.77 Å². The van der Waals surface area contributed by atoms with Crippen LogP contribution in [-0.2, 0) is 6.54 Å². The Labute approximate surface area is 141 Å². The fourth-order valence-corrected chi connectivity index (χ4v) is 2.68. The van der Waals surface area contributed by atoms with Crippen LogP contribution < -0.4 is 5.56 Å². The number of aromatic nitrogens is 2. The third-order valence-electron chi connectivity index (χ3n) is 3.70. The molecule has 0 atom stereocenters. The molecule has 1 aromatic heterocycles. The van der Waals surface area contributed by atoms with Crippen LogP contribution in [0.3, 0.4) is 0 Å². The molecule has 122 valence electrons. The number of H-pyrrole nitrogens is 2. The van der Waals surface area contributed by atoms with E-state index in [0.29, 0.717) is 22.0 Å². The Kier molecular flexibility index (Phi) is 4.26. The van der Waals surface area contributed by atoms with Crippen LogP contribution in [0.5, 0.6) is 0 Å². The highest BCUT2D eigenvalue weighted by atomic mass is 32.1. The largest absolute Gasteiger partial charge is 0.337 e. The van der Waals surface area contributed by atoms with Crippen molar-refractivity contribution < 1.29 is 9.18 Å². The van der Waals surface area contributed by atoms with E-state index in [9.17, 15) is 14.0 Å². The van der Waals surface area contributed by atoms with E-state index in [0.717, 1.165) is 0 Å². The maximum absolute atomic E-state index is 13.7. The molecule has 0 aliphatic rings. The predicted molar refractivity (Wildman–Crippen MR) is 92.0 cm³/mol. The van der Waals surface area contributed by atoms with Crippen molar-refractivity contribution in [2.45, 2.75) is 6.54 Å². The molecule has 0 saturated heterocycles. The van der Waals surface area contributed by atoms with Crippen LogP contribution >= 0.6 is 12.2 Å². The van der Waals surface area contributed by atoms with E-state index in [1.165, 1.54) is 11.0 Å². The van der Waals surface area contributed by atoms with E-state index in [4.69, 9.17) is 12.2 Å². The smallest absolute Gasteiger partial charge is 0.259 e. The lowest BCUT2D eigenvalue weighted by Crippen LogP contribution is -2.26. The first-order chi connectivity index (χ1) is 11.5. The topological polar surface area (TPSA) is 69.0 Å². The molecule has 24 heavy (non-hydrogen) atoms. The number of amides is 1. The highest BCUT2D eigenvalue weighted by Crippen LogP contribution is 2.14. The van der Waals surface area contributed by atoms with Crippen molar-refractivity contribution in [1.82, 2.24) is 14.9 Å². The number of hydrogen-bond donors (Lipinski definition) is 2. The second-order valence-corrected chi connectivity index (χ2v) is 5.83. The van der Waals surface area contributed by atoms with Crippen molar-refractivity contribution in [3.8, 4) is 0 Å². The summed E-state index contributed by atoms with van der Waals surface area (Å²) >= 11 is 4.94. The van der Waals surface area contributed by atoms with Crippen molar-refractivity contribution >= 4 is 29.0 Å². The second kappa shape index (κ2) is 6.37. The third kappa shape index (κ3) is 3.11. The van der Waals surface area contributed by atoms with Crippen LogP contribution in [0.1, 0.15) is 15.9 Å². The SMILES string of the molecule is CN(Cc1ccccc1F)C(=O)c1ccc2c(=O)[nH]c(=S)[nH]c2c1. The molecule has 0 unspecified atom stereocenters. The van der Waals surface area contributed by atoms with E-state index < -0.39 is 0 Å². The highest BCUT2D eigenvalue weighted by molar-refractivity contribution is 7.71. The summed E-state index contributed by atoms with van der Waals surface area (Å²) in [4.78, 5) is 31.1. The molecule has 0 saturated carbocycles. The van der Waals surface area contributed by atoms with E-state index in [1.54, 1.807) is 43.4 Å². The molecule has 0 fully saturated rings. The average Bonchev–Trinajstić information content (AvgIpc) is 2.55. The van der Waals surface area contributed by atoms with Gasteiger partial charge in [0.05, 0.1) is 10.9 Å². The molecule has 5 nitrogen and oxygen atoms in total. The van der Waals surface area contributed by atoms with E-state index >= 15 is 0 Å². The Hall–Kier alpha value is -2.80. The summed E-state index contributed by atoms with van der Waals surface area (Å²) in [7, 11) is 1.60. The normalized spacial score (nSPS) is 10.8. The van der Waals surface area contributed by atoms with Crippen molar-refractivity contribution in [2.75, 3.05) is 7.05 Å². The summed E-state index contributed by atoms with van der Waals surface area (Å²) < 4.78 is 13.9. The number of hydrogen-bond acceptors (Lipinski definition) is 3. The number of fused-ring (bicyclic) bond motifs is 1. The first-order valence-corrected chi connectivity index (χ1v) is 7.62. The van der Waals surface area contributed by atoms with Crippen LogP contribution in [0, 0.1) is 10.6 Å². The van der Waals surface area contributed by atoms with Crippen LogP contribution in [0.4, 0.5) is 4.39 Å². The molecule has 0 spiro atoms. The molecule has 3 rings (SSSR count). The lowest BCUT2D eigenvalue weighted by atomic mass is 10.1. The zero-order chi connectivity index (χ0) is 17.3. The molecular weight excluding hydrogens is 329 g/mol. The van der Waals surface area contributed by atoms with Gasteiger partial charge >= 0.3 is 0 Å². The van der Waals surface area contributed by atoms with Crippen LogP contribution in [0.25, 0.3) is 10.9 Å². The average molecular weight is 343 g/mol. The van der Waals surface area contributed by atoms with Crippen molar-refractivity contribution in [3.05, 3.63) is 74.5 Å². The Morgan fingerprint density at radius 1 is 1.21 bits per heavy atom. The number of nitrogens with zero attached hydrogens (tertiary/aromatic N) is 1. The monoisotopic (exact) mass is 343 g/mol. The number of nitrogens with one attached hydrogen (secondary N) is 2. The third-order valence-corrected chi connectivity index (χ3v) is 3.90. The van der Waals surface area contributed by atoms with E-state index in [-0.39, 0.29) is 28.6 Å². The summed E-state index contributed by atoms with van der Waals surface area (Å²) in [5, 5.41) is 0.414. The summed E-state index contributed by atoms with van der Waals surface area (Å²) in [6, 6.07) is 11.0. The van der Waals surface area contributed by atoms with Gasteiger partial charge in [-0.3, -0.25) is 14.6 Å². The molecular formula is C17H14FN3O2S. The Morgan fingerprint density at radius 3 is 2.71 bits per heavy atom. The maximum Gasteiger partial charge on any atom is 0.259 e. The summed E-state index contributed by atoms with van der Waals surface area (Å²) in [6.07, 6.45) is 0. The molecule has 2 N–H and O–H groups in total. The zero-order valence-corrected chi connectivity index (χ0v) is 13.6. The zero-order valence-electron chi connectivity index (χ0n) is 12.8. The van der Waals surface area contributed by atoms with Gasteiger partial charge in [0, 0.05) is 24.7 Å². The van der Waals surface area contributed by atoms with Crippen LogP contribution in [-0.4, -0.2) is 27.8 Å². The van der Waals surface area contributed by atoms with E-state index in [1.807, 2.05) is 0 Å². The minimum Gasteiger partial charge on any atom is -0.337 e. The highest BCUT2D eigenvalue weighted by Gasteiger charge is 2.14. The lowest BCUT2D eigenvalue weighted by molar-refractivity contribution is 0.0784. The number of benzene rings is 2. The lowest BCUT2D eigenvalue weighted by Gasteiger charge is -2.18. The molecule has 0 radical (unpaired) electrons. The van der Waals surface area contributed by atoms with Gasteiger partial charge in [-0.1, -0.05) is 18.2 Å². The van der Waals surface area contributed by atoms with Gasteiger partial charge in [0.2, 0.25) is 0 Å². The van der Waals surface area contributed by atoms with Crippen molar-refractivity contribution in [3.63, 3.8) is 0 Å². The maximum atomic E-state index is 13.7. The number of rotatable bonds is 3. The van der Waals surface area contributed by atoms with Crippen LogP contribution in [0.2, 0.25) is 0 Å². The molecule has 3 aromatic rings. The minimum atomic E-state index is -0.355. The summed E-state index contributed by atoms with van der Waals surface area (Å²) in [5.74, 6) is -0.633. The second-order valence-electron chi connectivity index (χ2n) is 5.42. The minimum absolute atomic E-state index is 0.148. The fourth-order valence-electron chi connectivity index (χ4n) is 2.48. The molecule has 0 aliphatic heterocycles. The van der Waals surface area contributed by atoms with Gasteiger partial charge in [0.25, 0.3) is 11.5 Å². The standard InChI is InChI=1S/C17H14FN3O2S/c1-21(9-11-4-2-3-5-13(11)18)16(23)10-6-7-12-14(8-10)19-17(24)20-15(12)22/h2-8H,9H2,1H3,(H2,19,20,22,24). The van der Waals surface area contributed by atoms with Crippen LogP contribution in [0.15, 0.2) is 47.3 Å². The quantitative estimate of drug-likeness (QED) is 0.718. The molecule has 0 bridgehead atoms. The first-order valence-electron chi connectivity index (χ1n) is 7.21. The Morgan fingerprint density at radius 2 is 1.96 bits per heavy atom. The van der Waals surface area contributed by atoms with Gasteiger partial charge in [-0.15, -0.1) is 0 Å². The van der Waals surface area contributed by atoms with Crippen molar-refractivity contribution in [2.24, 2.45) is 0 Å².